The van der Waals surface area contributed by atoms with Gasteiger partial charge in [-0.3, -0.25) is 0 Å². The van der Waals surface area contributed by atoms with Crippen molar-refractivity contribution < 1.29 is 10.2 Å². The number of azo groups is 1. The van der Waals surface area contributed by atoms with Gasteiger partial charge in [-0.2, -0.15) is 0 Å². The van der Waals surface area contributed by atoms with Gasteiger partial charge in [0.15, 0.2) is 11.6 Å². The molecule has 0 unspecified atom stereocenters. The lowest BCUT2D eigenvalue weighted by atomic mass is 10.2. The molecule has 148 valence electrons. The topological polar surface area (TPSA) is 109 Å². The summed E-state index contributed by atoms with van der Waals surface area (Å²) in [5.74, 6) is 0.386. The monoisotopic (exact) mass is 407 g/mol. The third-order valence-electron chi connectivity index (χ3n) is 4.50. The van der Waals surface area contributed by atoms with Gasteiger partial charge in [0.05, 0.1) is 34.1 Å². The van der Waals surface area contributed by atoms with E-state index in [4.69, 9.17) is 5.73 Å². The number of para-hydroxylation sites is 1. The fourth-order valence-corrected chi connectivity index (χ4v) is 4.09. The van der Waals surface area contributed by atoms with E-state index in [1.165, 1.54) is 11.3 Å². The van der Waals surface area contributed by atoms with Crippen LogP contribution in [0.1, 0.15) is 12.5 Å². The second-order valence-electron chi connectivity index (χ2n) is 6.91. The van der Waals surface area contributed by atoms with Crippen LogP contribution in [0.3, 0.4) is 0 Å². The Balaban J connectivity index is 1.83. The number of hydrogen-bond acceptors (Lipinski definition) is 7. The van der Waals surface area contributed by atoms with Crippen molar-refractivity contribution in [2.24, 2.45) is 10.2 Å². The molecule has 0 saturated carbocycles. The molecule has 0 saturated heterocycles. The third-order valence-corrected chi connectivity index (χ3v) is 5.55. The summed E-state index contributed by atoms with van der Waals surface area (Å²) in [4.78, 5) is 4.60. The van der Waals surface area contributed by atoms with Gasteiger partial charge in [0, 0.05) is 0 Å². The molecule has 4 rings (SSSR count). The van der Waals surface area contributed by atoms with E-state index in [2.05, 4.69) is 15.2 Å². The summed E-state index contributed by atoms with van der Waals surface area (Å²) in [5, 5.41) is 29.9. The van der Waals surface area contributed by atoms with Crippen molar-refractivity contribution in [2.45, 2.75) is 26.5 Å². The highest BCUT2D eigenvalue weighted by Crippen LogP contribution is 2.47. The highest BCUT2D eigenvalue weighted by molar-refractivity contribution is 7.21. The van der Waals surface area contributed by atoms with Crippen molar-refractivity contribution in [3.63, 3.8) is 0 Å². The van der Waals surface area contributed by atoms with E-state index in [9.17, 15) is 10.2 Å². The molecule has 2 aromatic heterocycles. The number of aryl methyl sites for hydroxylation is 1. The molecule has 2 aromatic carbocycles. The summed E-state index contributed by atoms with van der Waals surface area (Å²) in [5.41, 5.74) is 9.36. The average molecular weight is 407 g/mol. The quantitative estimate of drug-likeness (QED) is 0.397. The second kappa shape index (κ2) is 7.65. The van der Waals surface area contributed by atoms with Gasteiger partial charge in [-0.15, -0.1) is 21.6 Å². The first kappa shape index (κ1) is 19.1. The SMILES string of the molecule is Cc1ccc(N=Nc2c(O)c(-c3nc4ccccc4s3)c(N)n2C[C@H](C)O)cc1. The maximum absolute atomic E-state index is 10.9. The summed E-state index contributed by atoms with van der Waals surface area (Å²) < 4.78 is 2.56. The van der Waals surface area contributed by atoms with Crippen LogP contribution in [0.4, 0.5) is 17.3 Å². The molecule has 2 heterocycles. The zero-order chi connectivity index (χ0) is 20.5. The van der Waals surface area contributed by atoms with Gasteiger partial charge in [-0.25, -0.2) is 4.98 Å². The number of nitrogens with zero attached hydrogens (tertiary/aromatic N) is 4. The minimum Gasteiger partial charge on any atom is -0.504 e. The molecular formula is C21H21N5O2S. The van der Waals surface area contributed by atoms with E-state index >= 15 is 0 Å². The van der Waals surface area contributed by atoms with Gasteiger partial charge in [0.2, 0.25) is 0 Å². The Hall–Kier alpha value is -3.23. The number of hydrogen-bond donors (Lipinski definition) is 3. The van der Waals surface area contributed by atoms with E-state index in [1.807, 2.05) is 55.5 Å². The number of nitrogen functional groups attached to an aromatic ring is 1. The van der Waals surface area contributed by atoms with Gasteiger partial charge in [-0.1, -0.05) is 29.8 Å². The summed E-state index contributed by atoms with van der Waals surface area (Å²) in [6.45, 7) is 3.81. The molecule has 0 aliphatic carbocycles. The van der Waals surface area contributed by atoms with Gasteiger partial charge in [0.25, 0.3) is 0 Å². The van der Waals surface area contributed by atoms with E-state index in [0.717, 1.165) is 15.8 Å². The number of rotatable bonds is 5. The van der Waals surface area contributed by atoms with Gasteiger partial charge < -0.3 is 20.5 Å². The predicted molar refractivity (Wildman–Crippen MR) is 116 cm³/mol. The number of aromatic hydroxyl groups is 1. The summed E-state index contributed by atoms with van der Waals surface area (Å²) >= 11 is 1.44. The van der Waals surface area contributed by atoms with Crippen molar-refractivity contribution in [2.75, 3.05) is 5.73 Å². The van der Waals surface area contributed by atoms with Crippen LogP contribution in [-0.2, 0) is 6.54 Å². The molecule has 0 bridgehead atoms. The molecule has 0 aliphatic heterocycles. The molecule has 7 nitrogen and oxygen atoms in total. The maximum atomic E-state index is 10.9. The van der Waals surface area contributed by atoms with Crippen molar-refractivity contribution in [3.05, 3.63) is 54.1 Å². The Morgan fingerprint density at radius 2 is 1.86 bits per heavy atom. The first-order valence-corrected chi connectivity index (χ1v) is 9.99. The first-order chi connectivity index (χ1) is 13.9. The van der Waals surface area contributed by atoms with Crippen LogP contribution in [0.2, 0.25) is 0 Å². The molecule has 4 N–H and O–H groups in total. The largest absolute Gasteiger partial charge is 0.504 e. The normalized spacial score (nSPS) is 12.8. The van der Waals surface area contributed by atoms with Crippen molar-refractivity contribution in [1.82, 2.24) is 9.55 Å². The molecule has 0 radical (unpaired) electrons. The van der Waals surface area contributed by atoms with E-state index in [-0.39, 0.29) is 18.1 Å². The molecule has 0 fully saturated rings. The standard InChI is InChI=1S/C21H21N5O2S/c1-12-7-9-14(10-8-12)24-25-20-18(28)17(19(22)26(20)11-13(2)27)21-23-15-5-3-4-6-16(15)29-21/h3-10,13,27-28H,11,22H2,1-2H3/t13-/m0/s1. The maximum Gasteiger partial charge on any atom is 0.200 e. The number of aromatic nitrogens is 2. The summed E-state index contributed by atoms with van der Waals surface area (Å²) in [7, 11) is 0. The molecule has 0 spiro atoms. The lowest BCUT2D eigenvalue weighted by Gasteiger charge is -2.10. The van der Waals surface area contributed by atoms with Gasteiger partial charge >= 0.3 is 0 Å². The van der Waals surface area contributed by atoms with Crippen LogP contribution in [0, 0.1) is 6.92 Å². The average Bonchev–Trinajstić information content (AvgIpc) is 3.20. The smallest absolute Gasteiger partial charge is 0.200 e. The highest BCUT2D eigenvalue weighted by Gasteiger charge is 2.25. The second-order valence-corrected chi connectivity index (χ2v) is 7.95. The molecule has 29 heavy (non-hydrogen) atoms. The number of aliphatic hydroxyl groups is 1. The van der Waals surface area contributed by atoms with Crippen LogP contribution >= 0.6 is 11.3 Å². The summed E-state index contributed by atoms with van der Waals surface area (Å²) in [6.07, 6.45) is -0.680. The lowest BCUT2D eigenvalue weighted by Crippen LogP contribution is -2.13. The highest BCUT2D eigenvalue weighted by atomic mass is 32.1. The van der Waals surface area contributed by atoms with Crippen LogP contribution in [0.25, 0.3) is 20.8 Å². The van der Waals surface area contributed by atoms with Crippen molar-refractivity contribution in [1.29, 1.82) is 0 Å². The number of nitrogens with two attached hydrogens (primary N) is 1. The predicted octanol–water partition coefficient (Wildman–Crippen LogP) is 5.16. The zero-order valence-electron chi connectivity index (χ0n) is 16.1. The number of anilines is 1. The number of fused-ring (bicyclic) bond motifs is 1. The molecule has 0 aliphatic rings. The van der Waals surface area contributed by atoms with Gasteiger partial charge in [0.1, 0.15) is 10.8 Å². The Morgan fingerprint density at radius 1 is 1.14 bits per heavy atom. The van der Waals surface area contributed by atoms with Crippen molar-refractivity contribution >= 4 is 38.9 Å². The molecule has 8 heteroatoms. The lowest BCUT2D eigenvalue weighted by molar-refractivity contribution is 0.175. The Labute approximate surface area is 171 Å². The molecule has 0 amide bonds. The van der Waals surface area contributed by atoms with Crippen LogP contribution in [0.15, 0.2) is 58.8 Å². The Kier molecular flexibility index (Phi) is 5.04. The minimum absolute atomic E-state index is 0.0990. The number of benzene rings is 2. The fourth-order valence-electron chi connectivity index (χ4n) is 3.07. The van der Waals surface area contributed by atoms with E-state index < -0.39 is 6.10 Å². The first-order valence-electron chi connectivity index (χ1n) is 9.17. The van der Waals surface area contributed by atoms with Crippen LogP contribution in [-0.4, -0.2) is 25.9 Å². The number of aliphatic hydroxyl groups excluding tert-OH is 1. The van der Waals surface area contributed by atoms with E-state index in [1.54, 1.807) is 11.5 Å². The molecular weight excluding hydrogens is 386 g/mol. The number of thiazole rings is 1. The van der Waals surface area contributed by atoms with Crippen LogP contribution < -0.4 is 5.73 Å². The van der Waals surface area contributed by atoms with Gasteiger partial charge in [-0.05, 0) is 38.1 Å². The summed E-state index contributed by atoms with van der Waals surface area (Å²) in [6, 6.07) is 15.3. The zero-order valence-corrected chi connectivity index (χ0v) is 16.9. The Bertz CT molecular complexity index is 1160. The third kappa shape index (κ3) is 3.72. The molecule has 1 atom stereocenters. The Morgan fingerprint density at radius 3 is 2.55 bits per heavy atom. The van der Waals surface area contributed by atoms with E-state index in [0.29, 0.717) is 22.1 Å². The van der Waals surface area contributed by atoms with Crippen molar-refractivity contribution in [3.8, 4) is 16.3 Å². The van der Waals surface area contributed by atoms with Crippen LogP contribution in [0.5, 0.6) is 5.75 Å². The minimum atomic E-state index is -0.680. The fraction of sp³-hybridized carbons (Fsp3) is 0.190. The molecule has 4 aromatic rings.